The van der Waals surface area contributed by atoms with Crippen molar-refractivity contribution in [2.24, 2.45) is 17.6 Å². The Hall–Kier alpha value is -1.24. The first kappa shape index (κ1) is 22.4. The normalized spacial score (nSPS) is 31.3. The molecule has 0 radical (unpaired) electrons. The molecule has 1 aliphatic carbocycles. The van der Waals surface area contributed by atoms with E-state index in [2.05, 4.69) is 42.0 Å². The van der Waals surface area contributed by atoms with Crippen molar-refractivity contribution in [2.45, 2.75) is 82.7 Å². The van der Waals surface area contributed by atoms with Crippen LogP contribution in [-0.4, -0.2) is 44.4 Å². The lowest BCUT2D eigenvalue weighted by Crippen LogP contribution is -2.53. The predicted octanol–water partition coefficient (Wildman–Crippen LogP) is 3.21. The first-order valence-electron chi connectivity index (χ1n) is 10.9. The maximum atomic E-state index is 12.9. The molecule has 3 N–H and O–H groups in total. The number of hydrogen-bond acceptors (Lipinski definition) is 3. The van der Waals surface area contributed by atoms with E-state index in [9.17, 15) is 9.00 Å². The van der Waals surface area contributed by atoms with Gasteiger partial charge < -0.3 is 10.6 Å². The minimum atomic E-state index is -1.13. The number of amides is 1. The van der Waals surface area contributed by atoms with Crippen molar-refractivity contribution < 1.29 is 9.00 Å². The zero-order valence-electron chi connectivity index (χ0n) is 18.3. The SMILES string of the molecule is CC1C=CC=C(C[C@H](N[S@](=O)C(C)(C)C)C2C[C@H]3CC[C@@H](C2)N3C(=O)CN)C=C1. The number of nitrogens with one attached hydrogen (secondary N) is 1. The van der Waals surface area contributed by atoms with Crippen LogP contribution in [0.2, 0.25) is 0 Å². The van der Waals surface area contributed by atoms with Crippen LogP contribution in [0.15, 0.2) is 36.0 Å². The van der Waals surface area contributed by atoms with Crippen LogP contribution in [0.4, 0.5) is 0 Å². The van der Waals surface area contributed by atoms with Gasteiger partial charge in [0.15, 0.2) is 0 Å². The van der Waals surface area contributed by atoms with Gasteiger partial charge in [-0.3, -0.25) is 4.79 Å². The van der Waals surface area contributed by atoms with Gasteiger partial charge in [0.25, 0.3) is 0 Å². The largest absolute Gasteiger partial charge is 0.336 e. The van der Waals surface area contributed by atoms with Gasteiger partial charge in [-0.15, -0.1) is 0 Å². The lowest BCUT2D eigenvalue weighted by Gasteiger charge is -2.42. The molecular weight excluding hydrogens is 382 g/mol. The highest BCUT2D eigenvalue weighted by Crippen LogP contribution is 2.41. The van der Waals surface area contributed by atoms with E-state index < -0.39 is 11.0 Å². The lowest BCUT2D eigenvalue weighted by atomic mass is 9.82. The molecule has 0 spiro atoms. The van der Waals surface area contributed by atoms with E-state index >= 15 is 0 Å². The second kappa shape index (κ2) is 9.27. The highest BCUT2D eigenvalue weighted by Gasteiger charge is 2.45. The highest BCUT2D eigenvalue weighted by atomic mass is 32.2. The van der Waals surface area contributed by atoms with Crippen LogP contribution in [0.5, 0.6) is 0 Å². The number of nitrogens with two attached hydrogens (primary N) is 1. The summed E-state index contributed by atoms with van der Waals surface area (Å²) in [6.45, 7) is 8.30. The van der Waals surface area contributed by atoms with Crippen LogP contribution in [0.1, 0.15) is 59.8 Å². The molecule has 6 atom stereocenters. The molecule has 0 aromatic carbocycles. The second-order valence-corrected chi connectivity index (χ2v) is 11.8. The Kier molecular flexibility index (Phi) is 7.18. The van der Waals surface area contributed by atoms with Crippen LogP contribution < -0.4 is 10.5 Å². The Bertz CT molecular complexity index is 708. The quantitative estimate of drug-likeness (QED) is 0.694. The van der Waals surface area contributed by atoms with Crippen molar-refractivity contribution in [1.82, 2.24) is 9.62 Å². The Labute approximate surface area is 178 Å². The smallest absolute Gasteiger partial charge is 0.236 e. The van der Waals surface area contributed by atoms with Gasteiger partial charge in [-0.25, -0.2) is 8.93 Å². The standard InChI is InChI=1S/C23H37N3O2S/c1-16-6-5-7-17(9-8-16)12-21(25-29(28)23(2,3)4)18-13-19-10-11-20(14-18)26(19)22(27)15-24/h5-9,16,18-21,25H,10-15,24H2,1-4H3/t16?,18?,19-,20+,21-,29+/m0/s1. The molecule has 1 amide bonds. The van der Waals surface area contributed by atoms with Crippen LogP contribution in [0.25, 0.3) is 0 Å². The molecule has 2 fully saturated rings. The Balaban J connectivity index is 1.78. The van der Waals surface area contributed by atoms with Crippen molar-refractivity contribution >= 4 is 16.9 Å². The molecule has 3 aliphatic rings. The Morgan fingerprint density at radius 3 is 2.52 bits per heavy atom. The monoisotopic (exact) mass is 419 g/mol. The molecule has 2 heterocycles. The van der Waals surface area contributed by atoms with Gasteiger partial charge in [0.2, 0.25) is 5.91 Å². The molecular formula is C23H37N3O2S. The molecule has 2 unspecified atom stereocenters. The average Bonchev–Trinajstić information content (AvgIpc) is 2.82. The van der Waals surface area contributed by atoms with Crippen LogP contribution in [-0.2, 0) is 15.8 Å². The van der Waals surface area contributed by atoms with E-state index in [4.69, 9.17) is 5.73 Å². The first-order valence-corrected chi connectivity index (χ1v) is 12.1. The number of piperidine rings is 1. The fraction of sp³-hybridized carbons (Fsp3) is 0.696. The third kappa shape index (κ3) is 5.47. The fourth-order valence-electron chi connectivity index (χ4n) is 4.82. The first-order chi connectivity index (χ1) is 13.7. The van der Waals surface area contributed by atoms with Crippen molar-refractivity contribution in [3.63, 3.8) is 0 Å². The summed E-state index contributed by atoms with van der Waals surface area (Å²) in [6.07, 6.45) is 15.8. The van der Waals surface area contributed by atoms with E-state index in [0.29, 0.717) is 11.8 Å². The summed E-state index contributed by atoms with van der Waals surface area (Å²) in [5.74, 6) is 0.909. The predicted molar refractivity (Wildman–Crippen MR) is 120 cm³/mol. The number of carbonyl (C=O) groups is 1. The molecule has 0 aromatic heterocycles. The third-order valence-corrected chi connectivity index (χ3v) is 8.04. The molecule has 3 rings (SSSR count). The number of carbonyl (C=O) groups excluding carboxylic acids is 1. The summed E-state index contributed by atoms with van der Waals surface area (Å²) in [6, 6.07) is 0.687. The van der Waals surface area contributed by atoms with Gasteiger partial charge in [-0.1, -0.05) is 37.3 Å². The lowest BCUT2D eigenvalue weighted by molar-refractivity contribution is -0.135. The highest BCUT2D eigenvalue weighted by molar-refractivity contribution is 7.84. The summed E-state index contributed by atoms with van der Waals surface area (Å²) in [5.41, 5.74) is 6.91. The van der Waals surface area contributed by atoms with Gasteiger partial charge in [-0.2, -0.15) is 0 Å². The van der Waals surface area contributed by atoms with Gasteiger partial charge in [0.05, 0.1) is 22.3 Å². The summed E-state index contributed by atoms with van der Waals surface area (Å²) < 4.78 is 16.1. The van der Waals surface area contributed by atoms with Gasteiger partial charge >= 0.3 is 0 Å². The minimum Gasteiger partial charge on any atom is -0.336 e. The molecule has 2 bridgehead atoms. The summed E-state index contributed by atoms with van der Waals surface area (Å²) in [4.78, 5) is 14.4. The van der Waals surface area contributed by atoms with Crippen molar-refractivity contribution in [1.29, 1.82) is 0 Å². The number of nitrogens with zero attached hydrogens (tertiary/aromatic N) is 1. The maximum absolute atomic E-state index is 12.9. The molecule has 29 heavy (non-hydrogen) atoms. The van der Waals surface area contributed by atoms with Crippen LogP contribution in [0.3, 0.4) is 0 Å². The molecule has 2 aliphatic heterocycles. The summed E-state index contributed by atoms with van der Waals surface area (Å²) >= 11 is 0. The van der Waals surface area contributed by atoms with Gasteiger partial charge in [0.1, 0.15) is 0 Å². The molecule has 6 heteroatoms. The number of rotatable bonds is 6. The molecule has 2 saturated heterocycles. The van der Waals surface area contributed by atoms with Crippen molar-refractivity contribution in [2.75, 3.05) is 6.54 Å². The topological polar surface area (TPSA) is 75.4 Å². The number of allylic oxidation sites excluding steroid dienone is 5. The maximum Gasteiger partial charge on any atom is 0.236 e. The molecule has 0 saturated carbocycles. The van der Waals surface area contributed by atoms with E-state index in [0.717, 1.165) is 32.1 Å². The number of hydrogen-bond donors (Lipinski definition) is 2. The second-order valence-electron chi connectivity index (χ2n) is 9.78. The summed E-state index contributed by atoms with van der Waals surface area (Å²) in [7, 11) is -1.13. The number of fused-ring (bicyclic) bond motifs is 2. The Morgan fingerprint density at radius 2 is 1.93 bits per heavy atom. The van der Waals surface area contributed by atoms with Crippen LogP contribution in [0, 0.1) is 11.8 Å². The van der Waals surface area contributed by atoms with Gasteiger partial charge in [0, 0.05) is 18.1 Å². The van der Waals surface area contributed by atoms with Gasteiger partial charge in [-0.05, 0) is 70.3 Å². The van der Waals surface area contributed by atoms with Crippen molar-refractivity contribution in [3.8, 4) is 0 Å². The third-order valence-electron chi connectivity index (χ3n) is 6.41. The summed E-state index contributed by atoms with van der Waals surface area (Å²) in [5, 5.41) is 0. The minimum absolute atomic E-state index is 0.0762. The molecule has 162 valence electrons. The van der Waals surface area contributed by atoms with E-state index in [-0.39, 0.29) is 35.3 Å². The average molecular weight is 420 g/mol. The molecule has 0 aromatic rings. The molecule has 5 nitrogen and oxygen atoms in total. The van der Waals surface area contributed by atoms with E-state index in [1.807, 2.05) is 25.7 Å². The zero-order valence-corrected chi connectivity index (χ0v) is 19.1. The Morgan fingerprint density at radius 1 is 1.28 bits per heavy atom. The van der Waals surface area contributed by atoms with E-state index in [1.54, 1.807) is 0 Å². The zero-order chi connectivity index (χ0) is 21.2. The van der Waals surface area contributed by atoms with Crippen LogP contribution >= 0.6 is 0 Å². The van der Waals surface area contributed by atoms with E-state index in [1.165, 1.54) is 5.57 Å². The van der Waals surface area contributed by atoms with Crippen molar-refractivity contribution in [3.05, 3.63) is 36.0 Å². The fourth-order valence-corrected chi connectivity index (χ4v) is 5.72.